The number of methoxy groups -OCH3 is 2. The minimum atomic E-state index is -0.118. The monoisotopic (exact) mass is 368 g/mol. The molecule has 27 heavy (non-hydrogen) atoms. The third-order valence-corrected chi connectivity index (χ3v) is 4.99. The molecule has 1 fully saturated rings. The molecule has 0 radical (unpaired) electrons. The fourth-order valence-electron chi connectivity index (χ4n) is 3.35. The molecule has 1 amide bonds. The zero-order valence-electron chi connectivity index (χ0n) is 15.9. The van der Waals surface area contributed by atoms with E-state index in [1.807, 2.05) is 19.1 Å². The summed E-state index contributed by atoms with van der Waals surface area (Å²) in [4.78, 5) is 23.6. The number of nitrogens with zero attached hydrogens (tertiary/aromatic N) is 3. The standard InChI is InChI=1S/C20H24N4O3/c1-12-8-16(19(25)22-15-4-5-15)23-20(21-12)24-7-6-13-9-17(26-2)18(27-3)10-14(13)11-24/h8-10,15H,4-7,11H2,1-3H3,(H,22,25). The van der Waals surface area contributed by atoms with E-state index in [0.717, 1.165) is 42.8 Å². The van der Waals surface area contributed by atoms with Crippen LogP contribution in [0.5, 0.6) is 11.5 Å². The number of carbonyl (C=O) groups excluding carboxylic acids is 1. The van der Waals surface area contributed by atoms with Gasteiger partial charge < -0.3 is 19.7 Å². The fourth-order valence-corrected chi connectivity index (χ4v) is 3.35. The highest BCUT2D eigenvalue weighted by Gasteiger charge is 2.26. The summed E-state index contributed by atoms with van der Waals surface area (Å²) in [5, 5.41) is 2.99. The number of nitrogens with one attached hydrogen (secondary N) is 1. The Bertz CT molecular complexity index is 880. The van der Waals surface area contributed by atoms with E-state index >= 15 is 0 Å². The van der Waals surface area contributed by atoms with Gasteiger partial charge in [0.05, 0.1) is 14.2 Å². The first-order valence-electron chi connectivity index (χ1n) is 9.22. The molecule has 1 aliphatic heterocycles. The molecule has 7 heteroatoms. The van der Waals surface area contributed by atoms with E-state index in [1.54, 1.807) is 20.3 Å². The highest BCUT2D eigenvalue weighted by molar-refractivity contribution is 5.93. The van der Waals surface area contributed by atoms with Crippen LogP contribution in [0.15, 0.2) is 18.2 Å². The Morgan fingerprint density at radius 1 is 1.11 bits per heavy atom. The van der Waals surface area contributed by atoms with Gasteiger partial charge in [-0.25, -0.2) is 9.97 Å². The minimum absolute atomic E-state index is 0.118. The van der Waals surface area contributed by atoms with Gasteiger partial charge in [-0.1, -0.05) is 0 Å². The number of hydrogen-bond donors (Lipinski definition) is 1. The van der Waals surface area contributed by atoms with E-state index in [9.17, 15) is 4.79 Å². The Balaban J connectivity index is 1.59. The lowest BCUT2D eigenvalue weighted by molar-refractivity contribution is 0.0946. The van der Waals surface area contributed by atoms with Crippen molar-refractivity contribution in [2.45, 2.75) is 38.8 Å². The molecule has 0 spiro atoms. The van der Waals surface area contributed by atoms with Crippen molar-refractivity contribution in [2.75, 3.05) is 25.7 Å². The Labute approximate surface area is 158 Å². The average Bonchev–Trinajstić information content (AvgIpc) is 3.49. The lowest BCUT2D eigenvalue weighted by Crippen LogP contribution is -2.33. The van der Waals surface area contributed by atoms with E-state index in [0.29, 0.717) is 30.0 Å². The second-order valence-electron chi connectivity index (χ2n) is 7.09. The zero-order chi connectivity index (χ0) is 19.0. The van der Waals surface area contributed by atoms with Crippen molar-refractivity contribution >= 4 is 11.9 Å². The summed E-state index contributed by atoms with van der Waals surface area (Å²) in [6.07, 6.45) is 2.96. The number of benzene rings is 1. The molecule has 0 atom stereocenters. The van der Waals surface area contributed by atoms with Gasteiger partial charge in [-0.05, 0) is 55.5 Å². The van der Waals surface area contributed by atoms with Crippen molar-refractivity contribution in [3.05, 3.63) is 40.7 Å². The highest BCUT2D eigenvalue weighted by Crippen LogP contribution is 2.34. The van der Waals surface area contributed by atoms with Crippen LogP contribution in [-0.2, 0) is 13.0 Å². The van der Waals surface area contributed by atoms with Crippen LogP contribution in [0.1, 0.15) is 40.2 Å². The number of aryl methyl sites for hydroxylation is 1. The van der Waals surface area contributed by atoms with E-state index in [2.05, 4.69) is 20.2 Å². The largest absolute Gasteiger partial charge is 0.493 e. The van der Waals surface area contributed by atoms with Crippen LogP contribution >= 0.6 is 0 Å². The molecule has 4 rings (SSSR count). The first kappa shape index (κ1) is 17.6. The lowest BCUT2D eigenvalue weighted by Gasteiger charge is -2.30. The maximum atomic E-state index is 12.4. The average molecular weight is 368 g/mol. The Hall–Kier alpha value is -2.83. The van der Waals surface area contributed by atoms with Crippen LogP contribution in [0.4, 0.5) is 5.95 Å². The Morgan fingerprint density at radius 2 is 1.81 bits per heavy atom. The van der Waals surface area contributed by atoms with Crippen molar-refractivity contribution in [3.63, 3.8) is 0 Å². The number of hydrogen-bond acceptors (Lipinski definition) is 6. The van der Waals surface area contributed by atoms with Gasteiger partial charge in [0, 0.05) is 24.8 Å². The number of carbonyl (C=O) groups is 1. The second-order valence-corrected chi connectivity index (χ2v) is 7.09. The summed E-state index contributed by atoms with van der Waals surface area (Å²) in [6, 6.07) is 6.10. The van der Waals surface area contributed by atoms with E-state index < -0.39 is 0 Å². The van der Waals surface area contributed by atoms with E-state index in [-0.39, 0.29) is 5.91 Å². The number of fused-ring (bicyclic) bond motifs is 1. The molecular weight excluding hydrogens is 344 g/mol. The topological polar surface area (TPSA) is 76.6 Å². The Morgan fingerprint density at radius 3 is 2.48 bits per heavy atom. The SMILES string of the molecule is COc1cc2c(cc1OC)CN(c1nc(C)cc(C(=O)NC3CC3)n1)CC2. The van der Waals surface area contributed by atoms with Gasteiger partial charge in [0.15, 0.2) is 11.5 Å². The third-order valence-electron chi connectivity index (χ3n) is 4.99. The van der Waals surface area contributed by atoms with Crippen LogP contribution < -0.4 is 19.7 Å². The van der Waals surface area contributed by atoms with Crippen LogP contribution in [0, 0.1) is 6.92 Å². The van der Waals surface area contributed by atoms with Gasteiger partial charge in [-0.2, -0.15) is 0 Å². The van der Waals surface area contributed by atoms with E-state index in [1.165, 1.54) is 5.56 Å². The van der Waals surface area contributed by atoms with Gasteiger partial charge in [-0.15, -0.1) is 0 Å². The first-order valence-corrected chi connectivity index (χ1v) is 9.22. The summed E-state index contributed by atoms with van der Waals surface area (Å²) in [5.41, 5.74) is 3.62. The number of ether oxygens (including phenoxy) is 2. The molecule has 0 saturated heterocycles. The number of anilines is 1. The Kier molecular flexibility index (Phi) is 4.59. The van der Waals surface area contributed by atoms with Gasteiger partial charge in [-0.3, -0.25) is 4.79 Å². The maximum absolute atomic E-state index is 12.4. The van der Waals surface area contributed by atoms with Crippen LogP contribution in [0.25, 0.3) is 0 Å². The molecule has 1 aliphatic carbocycles. The molecule has 1 aromatic heterocycles. The second kappa shape index (κ2) is 7.06. The van der Waals surface area contributed by atoms with Crippen molar-refractivity contribution in [1.82, 2.24) is 15.3 Å². The molecule has 142 valence electrons. The van der Waals surface area contributed by atoms with Gasteiger partial charge in [0.2, 0.25) is 5.95 Å². The molecule has 2 heterocycles. The highest BCUT2D eigenvalue weighted by atomic mass is 16.5. The number of rotatable bonds is 5. The van der Waals surface area contributed by atoms with Crippen LogP contribution in [0.3, 0.4) is 0 Å². The molecule has 2 aromatic rings. The summed E-state index contributed by atoms with van der Waals surface area (Å²) >= 11 is 0. The maximum Gasteiger partial charge on any atom is 0.270 e. The molecule has 7 nitrogen and oxygen atoms in total. The van der Waals surface area contributed by atoms with Crippen LogP contribution in [0.2, 0.25) is 0 Å². The fraction of sp³-hybridized carbons (Fsp3) is 0.450. The van der Waals surface area contributed by atoms with Crippen molar-refractivity contribution in [3.8, 4) is 11.5 Å². The zero-order valence-corrected chi connectivity index (χ0v) is 15.9. The molecule has 1 N–H and O–H groups in total. The van der Waals surface area contributed by atoms with Gasteiger partial charge >= 0.3 is 0 Å². The molecule has 1 saturated carbocycles. The van der Waals surface area contributed by atoms with Gasteiger partial charge in [0.25, 0.3) is 5.91 Å². The quantitative estimate of drug-likeness (QED) is 0.872. The lowest BCUT2D eigenvalue weighted by atomic mass is 9.99. The molecular formula is C20H24N4O3. The summed E-state index contributed by atoms with van der Waals surface area (Å²) in [5.74, 6) is 1.94. The normalized spacial score (nSPS) is 15.9. The first-order chi connectivity index (χ1) is 13.1. The molecule has 2 aliphatic rings. The smallest absolute Gasteiger partial charge is 0.270 e. The predicted octanol–water partition coefficient (Wildman–Crippen LogP) is 2.26. The number of amides is 1. The minimum Gasteiger partial charge on any atom is -0.493 e. The van der Waals surface area contributed by atoms with Crippen molar-refractivity contribution in [2.24, 2.45) is 0 Å². The summed E-state index contributed by atoms with van der Waals surface area (Å²) < 4.78 is 10.8. The van der Waals surface area contributed by atoms with Crippen molar-refractivity contribution in [1.29, 1.82) is 0 Å². The molecule has 1 aromatic carbocycles. The summed E-state index contributed by atoms with van der Waals surface area (Å²) in [7, 11) is 3.29. The predicted molar refractivity (Wildman–Crippen MR) is 102 cm³/mol. The van der Waals surface area contributed by atoms with Crippen molar-refractivity contribution < 1.29 is 14.3 Å². The van der Waals surface area contributed by atoms with Gasteiger partial charge in [0.1, 0.15) is 5.69 Å². The number of aromatic nitrogens is 2. The summed E-state index contributed by atoms with van der Waals surface area (Å²) in [6.45, 7) is 3.35. The van der Waals surface area contributed by atoms with E-state index in [4.69, 9.17) is 9.47 Å². The van der Waals surface area contributed by atoms with Crippen LogP contribution in [-0.4, -0.2) is 42.7 Å². The molecule has 0 unspecified atom stereocenters. The third kappa shape index (κ3) is 3.67. The molecule has 0 bridgehead atoms.